The maximum Gasteiger partial charge on any atom is 0.0510 e. The van der Waals surface area contributed by atoms with E-state index in [4.69, 9.17) is 0 Å². The molecular weight excluding hydrogens is 258 g/mol. The minimum absolute atomic E-state index is 0.439. The van der Waals surface area contributed by atoms with Gasteiger partial charge < -0.3 is 5.32 Å². The molecule has 0 saturated heterocycles. The van der Waals surface area contributed by atoms with Crippen LogP contribution < -0.4 is 5.32 Å². The third-order valence-electron chi connectivity index (χ3n) is 3.07. The summed E-state index contributed by atoms with van der Waals surface area (Å²) in [6.07, 6.45) is 0. The van der Waals surface area contributed by atoms with E-state index >= 15 is 0 Å². The zero-order valence-electron chi connectivity index (χ0n) is 11.1. The van der Waals surface area contributed by atoms with Crippen LogP contribution in [0.5, 0.6) is 0 Å². The second kappa shape index (κ2) is 6.41. The van der Waals surface area contributed by atoms with Crippen molar-refractivity contribution in [2.45, 2.75) is 24.8 Å². The number of hydrogen-bond donors (Lipinski definition) is 1. The summed E-state index contributed by atoms with van der Waals surface area (Å²) in [5.74, 6) is 1.07. The molecule has 1 heterocycles. The van der Waals surface area contributed by atoms with Crippen molar-refractivity contribution >= 4 is 23.1 Å². The van der Waals surface area contributed by atoms with Crippen molar-refractivity contribution in [3.8, 4) is 0 Å². The summed E-state index contributed by atoms with van der Waals surface area (Å²) >= 11 is 3.78. The summed E-state index contributed by atoms with van der Waals surface area (Å²) in [5, 5.41) is 5.60. The first-order valence-corrected chi connectivity index (χ1v) is 7.98. The molecule has 0 fully saturated rings. The first-order valence-electron chi connectivity index (χ1n) is 6.12. The van der Waals surface area contributed by atoms with E-state index in [1.807, 2.05) is 30.1 Å². The molecule has 0 aliphatic carbocycles. The maximum atomic E-state index is 3.42. The highest BCUT2D eigenvalue weighted by Gasteiger charge is 2.13. The third-order valence-corrected chi connectivity index (χ3v) is 5.47. The van der Waals surface area contributed by atoms with Crippen molar-refractivity contribution < 1.29 is 0 Å². The van der Waals surface area contributed by atoms with Crippen molar-refractivity contribution in [2.75, 3.05) is 12.8 Å². The first kappa shape index (κ1) is 13.7. The van der Waals surface area contributed by atoms with Crippen molar-refractivity contribution in [1.29, 1.82) is 0 Å². The van der Waals surface area contributed by atoms with Gasteiger partial charge in [-0.1, -0.05) is 18.2 Å². The van der Waals surface area contributed by atoms with E-state index in [1.165, 1.54) is 20.9 Å². The number of aryl methyl sites for hydroxylation is 2. The molecule has 1 atom stereocenters. The van der Waals surface area contributed by atoms with Gasteiger partial charge in [-0.2, -0.15) is 0 Å². The Morgan fingerprint density at radius 3 is 2.56 bits per heavy atom. The van der Waals surface area contributed by atoms with E-state index in [9.17, 15) is 0 Å². The zero-order valence-corrected chi connectivity index (χ0v) is 12.7. The lowest BCUT2D eigenvalue weighted by molar-refractivity contribution is 0.670. The maximum absolute atomic E-state index is 3.42. The van der Waals surface area contributed by atoms with E-state index in [0.29, 0.717) is 6.04 Å². The number of hydrogen-bond acceptors (Lipinski definition) is 3. The molecule has 1 aromatic heterocycles. The summed E-state index contributed by atoms with van der Waals surface area (Å²) in [6.45, 7) is 4.36. The number of benzene rings is 1. The van der Waals surface area contributed by atoms with Gasteiger partial charge in [0.05, 0.1) is 6.04 Å². The predicted octanol–water partition coefficient (Wildman–Crippen LogP) is 4.42. The molecule has 3 heteroatoms. The highest BCUT2D eigenvalue weighted by Crippen LogP contribution is 2.30. The van der Waals surface area contributed by atoms with Gasteiger partial charge in [0.15, 0.2) is 0 Å². The fourth-order valence-corrected chi connectivity index (χ4v) is 4.22. The van der Waals surface area contributed by atoms with Gasteiger partial charge >= 0.3 is 0 Å². The van der Waals surface area contributed by atoms with Crippen LogP contribution in [0, 0.1) is 13.8 Å². The fourth-order valence-electron chi connectivity index (χ4n) is 1.92. The van der Waals surface area contributed by atoms with Gasteiger partial charge in [-0.3, -0.25) is 0 Å². The number of nitrogens with one attached hydrogen (secondary N) is 1. The highest BCUT2D eigenvalue weighted by molar-refractivity contribution is 7.99. The van der Waals surface area contributed by atoms with E-state index < -0.39 is 0 Å². The van der Waals surface area contributed by atoms with Crippen LogP contribution in [-0.2, 0) is 0 Å². The number of rotatable bonds is 5. The molecule has 0 aliphatic heterocycles. The monoisotopic (exact) mass is 277 g/mol. The van der Waals surface area contributed by atoms with Gasteiger partial charge in [0.2, 0.25) is 0 Å². The van der Waals surface area contributed by atoms with E-state index in [1.54, 1.807) is 0 Å². The molecule has 1 N–H and O–H groups in total. The zero-order chi connectivity index (χ0) is 13.0. The molecular formula is C15H19NS2. The second-order valence-electron chi connectivity index (χ2n) is 4.39. The van der Waals surface area contributed by atoms with Gasteiger partial charge in [-0.05, 0) is 49.5 Å². The van der Waals surface area contributed by atoms with Crippen molar-refractivity contribution in [2.24, 2.45) is 0 Å². The quantitative estimate of drug-likeness (QED) is 0.812. The standard InChI is InChI=1S/C15H19NS2/c1-11-6-4-5-7-14(11)18-10-13(16-3)15-12(2)8-9-17-15/h4-9,13,16H,10H2,1-3H3. The molecule has 0 amide bonds. The molecule has 0 bridgehead atoms. The average molecular weight is 277 g/mol. The minimum atomic E-state index is 0.439. The van der Waals surface area contributed by atoms with Crippen LogP contribution in [0.3, 0.4) is 0 Å². The lowest BCUT2D eigenvalue weighted by Gasteiger charge is -2.16. The van der Waals surface area contributed by atoms with E-state index in [2.05, 4.69) is 54.9 Å². The van der Waals surface area contributed by atoms with Crippen LogP contribution >= 0.6 is 23.1 Å². The predicted molar refractivity (Wildman–Crippen MR) is 82.8 cm³/mol. The Labute approximate surface area is 118 Å². The Bertz CT molecular complexity index is 505. The molecule has 2 aromatic rings. The Morgan fingerprint density at radius 2 is 1.94 bits per heavy atom. The average Bonchev–Trinajstić information content (AvgIpc) is 2.79. The molecule has 1 unspecified atom stereocenters. The van der Waals surface area contributed by atoms with Crippen molar-refractivity contribution in [1.82, 2.24) is 5.32 Å². The van der Waals surface area contributed by atoms with E-state index in [0.717, 1.165) is 5.75 Å². The summed E-state index contributed by atoms with van der Waals surface area (Å²) in [5.41, 5.74) is 2.75. The SMILES string of the molecule is CNC(CSc1ccccc1C)c1sccc1C. The normalized spacial score (nSPS) is 12.6. The van der Waals surface area contributed by atoms with Gasteiger partial charge in [0.1, 0.15) is 0 Å². The van der Waals surface area contributed by atoms with Gasteiger partial charge in [-0.15, -0.1) is 23.1 Å². The van der Waals surface area contributed by atoms with Crippen LogP contribution in [0.2, 0.25) is 0 Å². The molecule has 0 saturated carbocycles. The number of thiophene rings is 1. The second-order valence-corrected chi connectivity index (χ2v) is 6.40. The Kier molecular flexibility index (Phi) is 4.87. The fraction of sp³-hybridized carbons (Fsp3) is 0.333. The highest BCUT2D eigenvalue weighted by atomic mass is 32.2. The summed E-state index contributed by atoms with van der Waals surface area (Å²) in [6, 6.07) is 11.2. The Hall–Kier alpha value is -0.770. The van der Waals surface area contributed by atoms with Gasteiger partial charge in [-0.25, -0.2) is 0 Å². The van der Waals surface area contributed by atoms with Crippen LogP contribution in [0.4, 0.5) is 0 Å². The third kappa shape index (κ3) is 3.16. The van der Waals surface area contributed by atoms with Crippen LogP contribution in [-0.4, -0.2) is 12.8 Å². The summed E-state index contributed by atoms with van der Waals surface area (Å²) < 4.78 is 0. The van der Waals surface area contributed by atoms with Crippen molar-refractivity contribution in [3.63, 3.8) is 0 Å². The lowest BCUT2D eigenvalue weighted by atomic mass is 10.2. The lowest BCUT2D eigenvalue weighted by Crippen LogP contribution is -2.18. The molecule has 0 radical (unpaired) electrons. The molecule has 0 aliphatic rings. The largest absolute Gasteiger partial charge is 0.312 e. The summed E-state index contributed by atoms with van der Waals surface area (Å²) in [4.78, 5) is 2.84. The smallest absolute Gasteiger partial charge is 0.0510 e. The molecule has 2 rings (SSSR count). The van der Waals surface area contributed by atoms with Crippen LogP contribution in [0.15, 0.2) is 40.6 Å². The van der Waals surface area contributed by atoms with E-state index in [-0.39, 0.29) is 0 Å². The van der Waals surface area contributed by atoms with Crippen LogP contribution in [0.25, 0.3) is 0 Å². The van der Waals surface area contributed by atoms with Gasteiger partial charge in [0, 0.05) is 15.5 Å². The van der Waals surface area contributed by atoms with Crippen molar-refractivity contribution in [3.05, 3.63) is 51.7 Å². The number of thioether (sulfide) groups is 1. The molecule has 0 spiro atoms. The molecule has 18 heavy (non-hydrogen) atoms. The molecule has 1 nitrogen and oxygen atoms in total. The topological polar surface area (TPSA) is 12.0 Å². The first-order chi connectivity index (χ1) is 8.72. The molecule has 1 aromatic carbocycles. The molecule has 96 valence electrons. The Balaban J connectivity index is 2.05. The summed E-state index contributed by atoms with van der Waals surface area (Å²) in [7, 11) is 2.04. The van der Waals surface area contributed by atoms with Crippen LogP contribution in [0.1, 0.15) is 22.0 Å². The van der Waals surface area contributed by atoms with Gasteiger partial charge in [0.25, 0.3) is 0 Å². The Morgan fingerprint density at radius 1 is 1.17 bits per heavy atom. The minimum Gasteiger partial charge on any atom is -0.312 e.